The summed E-state index contributed by atoms with van der Waals surface area (Å²) >= 11 is 0. The lowest BCUT2D eigenvalue weighted by atomic mass is 9.81. The van der Waals surface area contributed by atoms with E-state index >= 15 is 0 Å². The first-order chi connectivity index (χ1) is 16.7. The summed E-state index contributed by atoms with van der Waals surface area (Å²) in [6.45, 7) is 6.39. The minimum Gasteiger partial charge on any atom is -0.478 e. The number of benzene rings is 3. The Morgan fingerprint density at radius 2 is 1.91 bits per heavy atom. The monoisotopic (exact) mass is 465 g/mol. The molecule has 0 saturated carbocycles. The molecule has 0 spiro atoms. The molecule has 2 heterocycles. The first kappa shape index (κ1) is 22.5. The van der Waals surface area contributed by atoms with E-state index < -0.39 is 11.4 Å². The number of aromatic nitrogens is 1. The van der Waals surface area contributed by atoms with E-state index in [-0.39, 0.29) is 17.8 Å². The lowest BCUT2D eigenvalue weighted by Gasteiger charge is -2.27. The van der Waals surface area contributed by atoms with E-state index in [9.17, 15) is 19.6 Å². The molecule has 6 heteroatoms. The average molecular weight is 466 g/mol. The van der Waals surface area contributed by atoms with Crippen molar-refractivity contribution in [1.82, 2.24) is 4.57 Å². The zero-order valence-electron chi connectivity index (χ0n) is 19.8. The van der Waals surface area contributed by atoms with E-state index in [2.05, 4.69) is 27.8 Å². The largest absolute Gasteiger partial charge is 0.478 e. The van der Waals surface area contributed by atoms with Crippen LogP contribution in [0.15, 0.2) is 59.6 Å². The SMILES string of the molecule is Cc1cc(-n2c(C(C)(C)CC#N)c(-c3ccc(C(=O)O)cc3)c3cc4c(cc32)C=NC4)ccc1F. The van der Waals surface area contributed by atoms with Crippen LogP contribution in [0.5, 0.6) is 0 Å². The van der Waals surface area contributed by atoms with Crippen molar-refractivity contribution in [2.75, 3.05) is 0 Å². The standard InChI is InChI=1S/C29H24FN3O2/c1-17-12-22(8-9-24(17)30)33-25-14-21-16-32-15-20(21)13-23(25)26(27(33)29(2,3)10-11-31)18-4-6-19(7-5-18)28(34)35/h4-9,12-14,16H,10,15H2,1-3H3,(H,34,35). The number of aryl methyl sites for hydroxylation is 1. The Morgan fingerprint density at radius 1 is 1.17 bits per heavy atom. The van der Waals surface area contributed by atoms with E-state index in [4.69, 9.17) is 0 Å². The number of halogens is 1. The molecule has 0 bridgehead atoms. The van der Waals surface area contributed by atoms with Crippen molar-refractivity contribution in [2.24, 2.45) is 4.99 Å². The Labute approximate surface area is 202 Å². The van der Waals surface area contributed by atoms with Gasteiger partial charge in [-0.1, -0.05) is 26.0 Å². The smallest absolute Gasteiger partial charge is 0.335 e. The molecular weight excluding hydrogens is 441 g/mol. The van der Waals surface area contributed by atoms with Gasteiger partial charge in [0.15, 0.2) is 0 Å². The minimum atomic E-state index is -0.985. The van der Waals surface area contributed by atoms with Crippen molar-refractivity contribution in [2.45, 2.75) is 39.2 Å². The van der Waals surface area contributed by atoms with Crippen molar-refractivity contribution >= 4 is 23.1 Å². The highest BCUT2D eigenvalue weighted by Gasteiger charge is 2.32. The van der Waals surface area contributed by atoms with Gasteiger partial charge in [0.2, 0.25) is 0 Å². The topological polar surface area (TPSA) is 78.4 Å². The Hall–Kier alpha value is -4.24. The molecule has 0 amide bonds. The number of aromatic carboxylic acids is 1. The quantitative estimate of drug-likeness (QED) is 0.362. The van der Waals surface area contributed by atoms with Crippen LogP contribution in [0.3, 0.4) is 0 Å². The lowest BCUT2D eigenvalue weighted by molar-refractivity contribution is 0.0697. The Kier molecular flexibility index (Phi) is 5.29. The van der Waals surface area contributed by atoms with E-state index in [1.54, 1.807) is 25.1 Å². The molecule has 35 heavy (non-hydrogen) atoms. The number of hydrogen-bond acceptors (Lipinski definition) is 3. The summed E-state index contributed by atoms with van der Waals surface area (Å²) in [7, 11) is 0. The van der Waals surface area contributed by atoms with E-state index in [1.807, 2.05) is 38.3 Å². The molecule has 0 unspecified atom stereocenters. The summed E-state index contributed by atoms with van der Waals surface area (Å²) in [6.07, 6.45) is 2.13. The summed E-state index contributed by atoms with van der Waals surface area (Å²) in [5.74, 6) is -1.26. The third kappa shape index (κ3) is 3.70. The van der Waals surface area contributed by atoms with Gasteiger partial charge >= 0.3 is 5.97 Å². The fourth-order valence-corrected chi connectivity index (χ4v) is 4.92. The van der Waals surface area contributed by atoms with Gasteiger partial charge in [0.05, 0.1) is 23.7 Å². The molecule has 5 rings (SSSR count). The predicted octanol–water partition coefficient (Wildman–Crippen LogP) is 6.57. The zero-order chi connectivity index (χ0) is 24.9. The average Bonchev–Trinajstić information content (AvgIpc) is 3.41. The van der Waals surface area contributed by atoms with Gasteiger partial charge in [-0.05, 0) is 71.6 Å². The number of hydrogen-bond donors (Lipinski definition) is 1. The molecule has 1 aliphatic heterocycles. The van der Waals surface area contributed by atoms with Gasteiger partial charge in [0.1, 0.15) is 5.82 Å². The van der Waals surface area contributed by atoms with Gasteiger partial charge in [-0.25, -0.2) is 9.18 Å². The first-order valence-electron chi connectivity index (χ1n) is 11.4. The summed E-state index contributed by atoms with van der Waals surface area (Å²) in [4.78, 5) is 15.9. The van der Waals surface area contributed by atoms with Gasteiger partial charge in [0.25, 0.3) is 0 Å². The normalized spacial score (nSPS) is 12.7. The van der Waals surface area contributed by atoms with Crippen LogP contribution < -0.4 is 0 Å². The molecule has 4 aromatic rings. The second-order valence-corrected chi connectivity index (χ2v) is 9.63. The molecule has 0 saturated heterocycles. The van der Waals surface area contributed by atoms with E-state index in [0.717, 1.165) is 44.5 Å². The van der Waals surface area contributed by atoms with E-state index in [1.165, 1.54) is 6.07 Å². The zero-order valence-corrected chi connectivity index (χ0v) is 19.8. The second kappa shape index (κ2) is 8.21. The second-order valence-electron chi connectivity index (χ2n) is 9.63. The van der Waals surface area contributed by atoms with Crippen molar-refractivity contribution in [3.63, 3.8) is 0 Å². The maximum absolute atomic E-state index is 14.2. The fraction of sp³-hybridized carbons (Fsp3) is 0.207. The number of fused-ring (bicyclic) bond motifs is 2. The first-order valence-corrected chi connectivity index (χ1v) is 11.4. The van der Waals surface area contributed by atoms with Crippen LogP contribution in [-0.4, -0.2) is 21.9 Å². The molecule has 174 valence electrons. The highest BCUT2D eigenvalue weighted by molar-refractivity contribution is 6.03. The molecule has 0 aliphatic carbocycles. The number of nitriles is 1. The number of carboxylic acid groups (broad SMARTS) is 1. The van der Waals surface area contributed by atoms with Crippen LogP contribution in [0.4, 0.5) is 4.39 Å². The van der Waals surface area contributed by atoms with Crippen LogP contribution in [0, 0.1) is 24.1 Å². The molecule has 1 N–H and O–H groups in total. The van der Waals surface area contributed by atoms with Gasteiger partial charge < -0.3 is 9.67 Å². The van der Waals surface area contributed by atoms with Gasteiger partial charge in [-0.3, -0.25) is 4.99 Å². The van der Waals surface area contributed by atoms with Crippen LogP contribution in [0.1, 0.15) is 53.0 Å². The van der Waals surface area contributed by atoms with Crippen molar-refractivity contribution in [3.8, 4) is 22.9 Å². The summed E-state index contributed by atoms with van der Waals surface area (Å²) < 4.78 is 16.3. The highest BCUT2D eigenvalue weighted by atomic mass is 19.1. The number of rotatable bonds is 5. The highest BCUT2D eigenvalue weighted by Crippen LogP contribution is 2.45. The van der Waals surface area contributed by atoms with Crippen LogP contribution >= 0.6 is 0 Å². The van der Waals surface area contributed by atoms with Gasteiger partial charge in [-0.2, -0.15) is 5.26 Å². The molecule has 3 aromatic carbocycles. The van der Waals surface area contributed by atoms with Crippen molar-refractivity contribution in [1.29, 1.82) is 5.26 Å². The Morgan fingerprint density at radius 3 is 2.57 bits per heavy atom. The summed E-state index contributed by atoms with van der Waals surface area (Å²) in [6, 6.07) is 18.4. The van der Waals surface area contributed by atoms with Crippen molar-refractivity contribution < 1.29 is 14.3 Å². The molecule has 0 fully saturated rings. The Bertz CT molecular complexity index is 1570. The molecule has 0 atom stereocenters. The molecular formula is C29H24FN3O2. The summed E-state index contributed by atoms with van der Waals surface area (Å²) in [5, 5.41) is 20.1. The number of aliphatic imine (C=N–C) groups is 1. The number of carbonyl (C=O) groups is 1. The fourth-order valence-electron chi connectivity index (χ4n) is 4.92. The lowest BCUT2D eigenvalue weighted by Crippen LogP contribution is -2.22. The number of carboxylic acids is 1. The third-order valence-corrected chi connectivity index (χ3v) is 6.70. The molecule has 1 aromatic heterocycles. The van der Waals surface area contributed by atoms with Gasteiger partial charge in [0, 0.05) is 40.4 Å². The van der Waals surface area contributed by atoms with Gasteiger partial charge in [-0.15, -0.1) is 0 Å². The van der Waals surface area contributed by atoms with Crippen molar-refractivity contribution in [3.05, 3.63) is 88.4 Å². The summed E-state index contributed by atoms with van der Waals surface area (Å²) in [5.41, 5.74) is 6.78. The van der Waals surface area contributed by atoms with Crippen LogP contribution in [0.25, 0.3) is 27.7 Å². The predicted molar refractivity (Wildman–Crippen MR) is 135 cm³/mol. The minimum absolute atomic E-state index is 0.207. The molecule has 0 radical (unpaired) electrons. The molecule has 5 nitrogen and oxygen atoms in total. The maximum atomic E-state index is 14.2. The Balaban J connectivity index is 1.93. The maximum Gasteiger partial charge on any atom is 0.335 e. The number of nitrogens with zero attached hydrogens (tertiary/aromatic N) is 3. The third-order valence-electron chi connectivity index (χ3n) is 6.70. The van der Waals surface area contributed by atoms with E-state index in [0.29, 0.717) is 12.1 Å². The van der Waals surface area contributed by atoms with Crippen LogP contribution in [0.2, 0.25) is 0 Å². The van der Waals surface area contributed by atoms with Crippen LogP contribution in [-0.2, 0) is 12.0 Å². The molecule has 1 aliphatic rings.